The molecule has 1 aliphatic rings. The van der Waals surface area contributed by atoms with Crippen molar-refractivity contribution in [2.45, 2.75) is 39.3 Å². The summed E-state index contributed by atoms with van der Waals surface area (Å²) in [6.45, 7) is 5.22. The molecule has 1 atom stereocenters. The lowest BCUT2D eigenvalue weighted by molar-refractivity contribution is -0.138. The molecule has 0 saturated carbocycles. The molecule has 0 N–H and O–H groups in total. The van der Waals surface area contributed by atoms with E-state index in [-0.39, 0.29) is 5.91 Å². The monoisotopic (exact) mass is 313 g/mol. The molecule has 0 unspecified atom stereocenters. The molecule has 1 aromatic carbocycles. The van der Waals surface area contributed by atoms with E-state index in [0.29, 0.717) is 6.54 Å². The molecule has 0 aliphatic carbocycles. The Hall–Kier alpha value is -2.30. The van der Waals surface area contributed by atoms with Gasteiger partial charge in [0.2, 0.25) is 0 Å². The molecule has 0 spiro atoms. The fraction of sp³-hybridized carbons (Fsp3) is 0.444. The summed E-state index contributed by atoms with van der Waals surface area (Å²) in [4.78, 5) is 14.6. The normalized spacial score (nSPS) is 15.7. The Bertz CT molecular complexity index is 691. The fourth-order valence-corrected chi connectivity index (χ4v) is 3.00. The van der Waals surface area contributed by atoms with E-state index >= 15 is 0 Å². The van der Waals surface area contributed by atoms with Gasteiger partial charge in [-0.3, -0.25) is 9.48 Å². The first-order valence-corrected chi connectivity index (χ1v) is 8.06. The van der Waals surface area contributed by atoms with Gasteiger partial charge in [-0.2, -0.15) is 5.10 Å². The third-order valence-electron chi connectivity index (χ3n) is 4.34. The number of hydrogen-bond acceptors (Lipinski definition) is 3. The number of aryl methyl sites for hydroxylation is 2. The number of benzene rings is 1. The van der Waals surface area contributed by atoms with Crippen molar-refractivity contribution in [3.05, 3.63) is 47.3 Å². The number of nitrogens with zero attached hydrogens (tertiary/aromatic N) is 3. The highest BCUT2D eigenvalue weighted by Crippen LogP contribution is 2.20. The average Bonchev–Trinajstić information content (AvgIpc) is 2.76. The van der Waals surface area contributed by atoms with Crippen molar-refractivity contribution < 1.29 is 9.53 Å². The Morgan fingerprint density at radius 1 is 1.30 bits per heavy atom. The summed E-state index contributed by atoms with van der Waals surface area (Å²) >= 11 is 0. The largest absolute Gasteiger partial charge is 0.481 e. The van der Waals surface area contributed by atoms with Crippen LogP contribution in [0.5, 0.6) is 5.75 Å². The predicted octanol–water partition coefficient (Wildman–Crippen LogP) is 2.47. The molecule has 0 saturated heterocycles. The van der Waals surface area contributed by atoms with Crippen LogP contribution >= 0.6 is 0 Å². The van der Waals surface area contributed by atoms with Gasteiger partial charge in [-0.15, -0.1) is 0 Å². The lowest BCUT2D eigenvalue weighted by Gasteiger charge is -2.24. The molecule has 5 nitrogen and oxygen atoms in total. The molecule has 2 heterocycles. The van der Waals surface area contributed by atoms with E-state index in [9.17, 15) is 4.79 Å². The van der Waals surface area contributed by atoms with Gasteiger partial charge in [-0.1, -0.05) is 17.7 Å². The van der Waals surface area contributed by atoms with Crippen LogP contribution in [0.2, 0.25) is 0 Å². The Morgan fingerprint density at radius 2 is 2.04 bits per heavy atom. The zero-order valence-corrected chi connectivity index (χ0v) is 14.0. The van der Waals surface area contributed by atoms with E-state index in [0.717, 1.165) is 30.7 Å². The second-order valence-electron chi connectivity index (χ2n) is 6.18. The fourth-order valence-electron chi connectivity index (χ4n) is 3.00. The number of amides is 1. The van der Waals surface area contributed by atoms with Crippen molar-refractivity contribution in [3.63, 3.8) is 0 Å². The van der Waals surface area contributed by atoms with Gasteiger partial charge in [0.25, 0.3) is 5.91 Å². The van der Waals surface area contributed by atoms with Crippen molar-refractivity contribution >= 4 is 5.91 Å². The molecule has 2 aromatic rings. The van der Waals surface area contributed by atoms with Crippen molar-refractivity contribution in [3.8, 4) is 5.75 Å². The molecule has 122 valence electrons. The first-order chi connectivity index (χ1) is 11.0. The van der Waals surface area contributed by atoms with Crippen LogP contribution in [0.1, 0.15) is 30.2 Å². The van der Waals surface area contributed by atoms with Gasteiger partial charge in [0, 0.05) is 31.4 Å². The highest BCUT2D eigenvalue weighted by molar-refractivity contribution is 5.81. The second kappa shape index (κ2) is 6.44. The molecular formula is C18H23N3O2. The smallest absolute Gasteiger partial charge is 0.263 e. The molecule has 0 fully saturated rings. The van der Waals surface area contributed by atoms with Gasteiger partial charge < -0.3 is 9.64 Å². The lowest BCUT2D eigenvalue weighted by atomic mass is 10.2. The summed E-state index contributed by atoms with van der Waals surface area (Å²) in [5.41, 5.74) is 3.54. The van der Waals surface area contributed by atoms with Gasteiger partial charge >= 0.3 is 0 Å². The number of ether oxygens (including phenoxy) is 1. The van der Waals surface area contributed by atoms with Crippen LogP contribution in [0.4, 0.5) is 0 Å². The van der Waals surface area contributed by atoms with Crippen molar-refractivity contribution in [2.24, 2.45) is 7.05 Å². The number of fused-ring (bicyclic) bond motifs is 1. The van der Waals surface area contributed by atoms with E-state index in [1.165, 1.54) is 11.3 Å². The van der Waals surface area contributed by atoms with Crippen molar-refractivity contribution in [2.75, 3.05) is 6.54 Å². The summed E-state index contributed by atoms with van der Waals surface area (Å²) in [6.07, 6.45) is 3.29. The summed E-state index contributed by atoms with van der Waals surface area (Å²) in [7, 11) is 1.96. The van der Waals surface area contributed by atoms with Crippen LogP contribution in [0.25, 0.3) is 0 Å². The van der Waals surface area contributed by atoms with E-state index in [4.69, 9.17) is 4.74 Å². The van der Waals surface area contributed by atoms with Crippen molar-refractivity contribution in [1.29, 1.82) is 0 Å². The first-order valence-electron chi connectivity index (χ1n) is 8.06. The highest BCUT2D eigenvalue weighted by Gasteiger charge is 2.25. The minimum Gasteiger partial charge on any atom is -0.481 e. The summed E-state index contributed by atoms with van der Waals surface area (Å²) in [5, 5.41) is 4.30. The maximum atomic E-state index is 12.7. The molecule has 5 heteroatoms. The Labute approximate surface area is 136 Å². The standard InChI is InChI=1S/C18H23N3O2/c1-13-6-8-16(9-7-13)23-14(2)18(22)21-10-4-5-17-15(12-21)11-19-20(17)3/h6-9,11,14H,4-5,10,12H2,1-3H3/t14-/m1/s1. The molecule has 0 radical (unpaired) electrons. The van der Waals surface area contributed by atoms with Gasteiger partial charge in [0.15, 0.2) is 6.10 Å². The topological polar surface area (TPSA) is 47.4 Å². The van der Waals surface area contributed by atoms with Crippen LogP contribution < -0.4 is 4.74 Å². The van der Waals surface area contributed by atoms with E-state index < -0.39 is 6.10 Å². The van der Waals surface area contributed by atoms with Crippen LogP contribution in [0, 0.1) is 6.92 Å². The third kappa shape index (κ3) is 3.38. The number of aromatic nitrogens is 2. The number of carbonyl (C=O) groups excluding carboxylic acids is 1. The van der Waals surface area contributed by atoms with Crippen LogP contribution in [0.3, 0.4) is 0 Å². The van der Waals surface area contributed by atoms with Gasteiger partial charge in [-0.25, -0.2) is 0 Å². The van der Waals surface area contributed by atoms with E-state index in [1.54, 1.807) is 0 Å². The quantitative estimate of drug-likeness (QED) is 0.874. The minimum absolute atomic E-state index is 0.0299. The SMILES string of the molecule is Cc1ccc(O[C@H](C)C(=O)N2CCCc3c(cnn3C)C2)cc1. The predicted molar refractivity (Wildman–Crippen MR) is 88.2 cm³/mol. The van der Waals surface area contributed by atoms with Gasteiger partial charge in [-0.05, 0) is 38.8 Å². The summed E-state index contributed by atoms with van der Waals surface area (Å²) in [5.74, 6) is 0.760. The average molecular weight is 313 g/mol. The molecule has 3 rings (SSSR count). The van der Waals surface area contributed by atoms with E-state index in [2.05, 4.69) is 5.10 Å². The summed E-state index contributed by atoms with van der Waals surface area (Å²) in [6, 6.07) is 7.78. The van der Waals surface area contributed by atoms with Gasteiger partial charge in [0.1, 0.15) is 5.75 Å². The molecule has 23 heavy (non-hydrogen) atoms. The van der Waals surface area contributed by atoms with Gasteiger partial charge in [0.05, 0.1) is 6.20 Å². The second-order valence-corrected chi connectivity index (χ2v) is 6.18. The molecule has 1 aromatic heterocycles. The third-order valence-corrected chi connectivity index (χ3v) is 4.34. The van der Waals surface area contributed by atoms with Crippen LogP contribution in [0.15, 0.2) is 30.5 Å². The number of hydrogen-bond donors (Lipinski definition) is 0. The molecule has 0 bridgehead atoms. The highest BCUT2D eigenvalue weighted by atomic mass is 16.5. The van der Waals surface area contributed by atoms with Crippen molar-refractivity contribution in [1.82, 2.24) is 14.7 Å². The zero-order valence-electron chi connectivity index (χ0n) is 14.0. The Balaban J connectivity index is 1.68. The molecule has 1 amide bonds. The molecular weight excluding hydrogens is 290 g/mol. The Morgan fingerprint density at radius 3 is 2.78 bits per heavy atom. The minimum atomic E-state index is -0.490. The lowest BCUT2D eigenvalue weighted by Crippen LogP contribution is -2.40. The zero-order chi connectivity index (χ0) is 16.4. The maximum Gasteiger partial charge on any atom is 0.263 e. The Kier molecular flexibility index (Phi) is 4.37. The number of rotatable bonds is 3. The molecule has 1 aliphatic heterocycles. The number of carbonyl (C=O) groups is 1. The maximum absolute atomic E-state index is 12.7. The first kappa shape index (κ1) is 15.6. The van der Waals surface area contributed by atoms with Crippen LogP contribution in [-0.2, 0) is 24.8 Å². The van der Waals surface area contributed by atoms with Crippen LogP contribution in [-0.4, -0.2) is 33.2 Å². The summed E-state index contributed by atoms with van der Waals surface area (Å²) < 4.78 is 7.72. The van der Waals surface area contributed by atoms with E-state index in [1.807, 2.05) is 60.9 Å².